The van der Waals surface area contributed by atoms with E-state index in [1.165, 1.54) is 38.0 Å². The largest absolute Gasteiger partial charge is 0.321 e. The van der Waals surface area contributed by atoms with Crippen LogP contribution in [0.4, 0.5) is 0 Å². The lowest BCUT2D eigenvalue weighted by molar-refractivity contribution is 0.138. The molecule has 1 heterocycles. The first-order valence-corrected chi connectivity index (χ1v) is 7.69. The van der Waals surface area contributed by atoms with E-state index >= 15 is 0 Å². The average Bonchev–Trinajstić information content (AvgIpc) is 2.41. The molecule has 1 aromatic carbocycles. The Hall–Kier alpha value is -0.900. The summed E-state index contributed by atoms with van der Waals surface area (Å²) in [5.41, 5.74) is 7.51. The molecule has 20 heavy (non-hydrogen) atoms. The smallest absolute Gasteiger partial charge is 0.0509 e. The van der Waals surface area contributed by atoms with Gasteiger partial charge in [-0.1, -0.05) is 30.3 Å². The highest BCUT2D eigenvalue weighted by Gasteiger charge is 2.27. The summed E-state index contributed by atoms with van der Waals surface area (Å²) in [6, 6.07) is 10.5. The van der Waals surface area contributed by atoms with Crippen molar-refractivity contribution in [2.45, 2.75) is 25.3 Å². The van der Waals surface area contributed by atoms with Crippen LogP contribution < -0.4 is 5.73 Å². The van der Waals surface area contributed by atoms with Crippen molar-refractivity contribution in [2.24, 2.45) is 11.7 Å². The van der Waals surface area contributed by atoms with Crippen molar-refractivity contribution < 1.29 is 0 Å². The summed E-state index contributed by atoms with van der Waals surface area (Å²) in [4.78, 5) is 4.83. The molecule has 2 rings (SSSR count). The molecule has 1 aromatic rings. The summed E-state index contributed by atoms with van der Waals surface area (Å²) in [7, 11) is 4.33. The number of hydrogen-bond donors (Lipinski definition) is 1. The lowest BCUT2D eigenvalue weighted by Gasteiger charge is -2.38. The molecular formula is C17H29N3. The number of nitrogens with zero attached hydrogens (tertiary/aromatic N) is 2. The van der Waals surface area contributed by atoms with E-state index in [1.54, 1.807) is 0 Å². The fourth-order valence-corrected chi connectivity index (χ4v) is 3.22. The van der Waals surface area contributed by atoms with Crippen molar-refractivity contribution in [3.05, 3.63) is 35.9 Å². The quantitative estimate of drug-likeness (QED) is 0.893. The zero-order chi connectivity index (χ0) is 14.6. The van der Waals surface area contributed by atoms with Crippen LogP contribution in [0.1, 0.15) is 25.3 Å². The number of benzene rings is 1. The zero-order valence-electron chi connectivity index (χ0n) is 13.2. The molecule has 1 aliphatic heterocycles. The Bertz CT molecular complexity index is 392. The Balaban J connectivity index is 1.86. The van der Waals surface area contributed by atoms with Crippen molar-refractivity contribution >= 4 is 0 Å². The fraction of sp³-hybridized carbons (Fsp3) is 0.647. The van der Waals surface area contributed by atoms with Crippen LogP contribution in [-0.2, 0) is 5.54 Å². The molecule has 3 heteroatoms. The number of nitrogens with two attached hydrogens (primary N) is 1. The summed E-state index contributed by atoms with van der Waals surface area (Å²) in [5, 5.41) is 0. The molecule has 0 aromatic heterocycles. The molecule has 1 saturated heterocycles. The Labute approximate surface area is 123 Å². The van der Waals surface area contributed by atoms with Crippen LogP contribution in [0.3, 0.4) is 0 Å². The van der Waals surface area contributed by atoms with Crippen LogP contribution in [0.2, 0.25) is 0 Å². The first kappa shape index (κ1) is 15.5. The second-order valence-corrected chi connectivity index (χ2v) is 6.77. The minimum Gasteiger partial charge on any atom is -0.321 e. The molecule has 1 atom stereocenters. The van der Waals surface area contributed by atoms with E-state index in [9.17, 15) is 0 Å². The minimum absolute atomic E-state index is 0.254. The van der Waals surface area contributed by atoms with E-state index in [0.29, 0.717) is 0 Å². The highest BCUT2D eigenvalue weighted by molar-refractivity contribution is 5.23. The first-order valence-electron chi connectivity index (χ1n) is 7.69. The van der Waals surface area contributed by atoms with Crippen LogP contribution in [0, 0.1) is 5.92 Å². The molecule has 112 valence electrons. The number of piperidine rings is 1. The van der Waals surface area contributed by atoms with Crippen LogP contribution in [-0.4, -0.2) is 50.1 Å². The highest BCUT2D eigenvalue weighted by Crippen LogP contribution is 2.23. The van der Waals surface area contributed by atoms with E-state index < -0.39 is 0 Å². The second-order valence-electron chi connectivity index (χ2n) is 6.77. The summed E-state index contributed by atoms with van der Waals surface area (Å²) >= 11 is 0. The predicted molar refractivity (Wildman–Crippen MR) is 85.7 cm³/mol. The van der Waals surface area contributed by atoms with Gasteiger partial charge < -0.3 is 15.5 Å². The predicted octanol–water partition coefficient (Wildman–Crippen LogP) is 2.13. The monoisotopic (exact) mass is 275 g/mol. The SMILES string of the molecule is CN(C)CC1CCN(CC(C)(N)c2ccccc2)CC1. The van der Waals surface area contributed by atoms with Gasteiger partial charge in [0.15, 0.2) is 0 Å². The Morgan fingerprint density at radius 2 is 1.80 bits per heavy atom. The van der Waals surface area contributed by atoms with Gasteiger partial charge in [0, 0.05) is 13.1 Å². The van der Waals surface area contributed by atoms with Crippen LogP contribution in [0.5, 0.6) is 0 Å². The van der Waals surface area contributed by atoms with Gasteiger partial charge >= 0.3 is 0 Å². The Morgan fingerprint density at radius 1 is 1.20 bits per heavy atom. The zero-order valence-corrected chi connectivity index (χ0v) is 13.2. The van der Waals surface area contributed by atoms with Gasteiger partial charge in [0.25, 0.3) is 0 Å². The van der Waals surface area contributed by atoms with E-state index in [4.69, 9.17) is 5.73 Å². The Kier molecular flexibility index (Phi) is 5.19. The van der Waals surface area contributed by atoms with Crippen molar-refractivity contribution in [2.75, 3.05) is 40.3 Å². The fourth-order valence-electron chi connectivity index (χ4n) is 3.22. The Morgan fingerprint density at radius 3 is 2.35 bits per heavy atom. The van der Waals surface area contributed by atoms with Gasteiger partial charge in [-0.2, -0.15) is 0 Å². The summed E-state index contributed by atoms with van der Waals surface area (Å²) in [6.45, 7) is 6.67. The normalized spacial score (nSPS) is 21.1. The average molecular weight is 275 g/mol. The van der Waals surface area contributed by atoms with E-state index in [2.05, 4.69) is 55.1 Å². The van der Waals surface area contributed by atoms with Gasteiger partial charge in [-0.05, 0) is 58.4 Å². The molecule has 2 N–H and O–H groups in total. The third-order valence-corrected chi connectivity index (χ3v) is 4.32. The molecule has 1 unspecified atom stereocenters. The summed E-state index contributed by atoms with van der Waals surface area (Å²) in [6.07, 6.45) is 2.59. The molecule has 0 amide bonds. The molecule has 0 aliphatic carbocycles. The van der Waals surface area contributed by atoms with Gasteiger partial charge in [-0.3, -0.25) is 0 Å². The minimum atomic E-state index is -0.254. The maximum Gasteiger partial charge on any atom is 0.0509 e. The van der Waals surface area contributed by atoms with Crippen LogP contribution in [0.25, 0.3) is 0 Å². The maximum atomic E-state index is 6.53. The first-order chi connectivity index (χ1) is 9.47. The maximum absolute atomic E-state index is 6.53. The third kappa shape index (κ3) is 4.30. The molecule has 1 aliphatic rings. The number of hydrogen-bond acceptors (Lipinski definition) is 3. The third-order valence-electron chi connectivity index (χ3n) is 4.32. The standard InChI is InChI=1S/C17H29N3/c1-17(18,16-7-5-4-6-8-16)14-20-11-9-15(10-12-20)13-19(2)3/h4-8,15H,9-14,18H2,1-3H3. The van der Waals surface area contributed by atoms with Gasteiger partial charge in [0.1, 0.15) is 0 Å². The van der Waals surface area contributed by atoms with E-state index in [1.807, 2.05) is 6.07 Å². The summed E-state index contributed by atoms with van der Waals surface area (Å²) < 4.78 is 0. The molecule has 0 saturated carbocycles. The van der Waals surface area contributed by atoms with Crippen molar-refractivity contribution in [3.63, 3.8) is 0 Å². The lowest BCUT2D eigenvalue weighted by atomic mass is 9.90. The van der Waals surface area contributed by atoms with E-state index in [-0.39, 0.29) is 5.54 Å². The molecule has 0 radical (unpaired) electrons. The van der Waals surface area contributed by atoms with Crippen molar-refractivity contribution in [1.29, 1.82) is 0 Å². The van der Waals surface area contributed by atoms with Crippen molar-refractivity contribution in [3.8, 4) is 0 Å². The van der Waals surface area contributed by atoms with Gasteiger partial charge in [0.05, 0.1) is 5.54 Å². The summed E-state index contributed by atoms with van der Waals surface area (Å²) in [5.74, 6) is 0.849. The highest BCUT2D eigenvalue weighted by atomic mass is 15.2. The lowest BCUT2D eigenvalue weighted by Crippen LogP contribution is -2.48. The van der Waals surface area contributed by atoms with Crippen LogP contribution >= 0.6 is 0 Å². The molecule has 0 bridgehead atoms. The molecule has 3 nitrogen and oxygen atoms in total. The topological polar surface area (TPSA) is 32.5 Å². The number of rotatable bonds is 5. The van der Waals surface area contributed by atoms with Crippen LogP contribution in [0.15, 0.2) is 30.3 Å². The molecule has 0 spiro atoms. The van der Waals surface area contributed by atoms with Gasteiger partial charge in [-0.15, -0.1) is 0 Å². The van der Waals surface area contributed by atoms with E-state index in [0.717, 1.165) is 12.5 Å². The van der Waals surface area contributed by atoms with Gasteiger partial charge in [-0.25, -0.2) is 0 Å². The van der Waals surface area contributed by atoms with Crippen molar-refractivity contribution in [1.82, 2.24) is 9.80 Å². The molecular weight excluding hydrogens is 246 g/mol. The number of likely N-dealkylation sites (tertiary alicyclic amines) is 1. The molecule has 1 fully saturated rings. The second kappa shape index (κ2) is 6.70. The van der Waals surface area contributed by atoms with Gasteiger partial charge in [0.2, 0.25) is 0 Å².